The molecule has 0 aromatic heterocycles. The van der Waals surface area contributed by atoms with Crippen molar-refractivity contribution >= 4 is 5.97 Å². The normalized spacial score (nSPS) is 30.4. The lowest BCUT2D eigenvalue weighted by Gasteiger charge is -2.33. The van der Waals surface area contributed by atoms with Gasteiger partial charge in [-0.2, -0.15) is 0 Å². The van der Waals surface area contributed by atoms with Crippen LogP contribution in [0.15, 0.2) is 0 Å². The lowest BCUT2D eigenvalue weighted by molar-refractivity contribution is -0.140. The largest absolute Gasteiger partial charge is 0.480 e. The number of carbonyl (C=O) groups is 1. The van der Waals surface area contributed by atoms with Crippen LogP contribution in [0.25, 0.3) is 0 Å². The molecule has 16 heavy (non-hydrogen) atoms. The zero-order valence-electron chi connectivity index (χ0n) is 9.65. The van der Waals surface area contributed by atoms with Gasteiger partial charge in [0, 0.05) is 0 Å². The summed E-state index contributed by atoms with van der Waals surface area (Å²) in [5.41, 5.74) is 5.61. The molecule has 1 saturated carbocycles. The van der Waals surface area contributed by atoms with E-state index < -0.39 is 12.0 Å². The molecular formula is C12H21NO3. The SMILES string of the molecule is N[C@H](CC1CCC2(CCCCC2)O1)C(=O)O. The summed E-state index contributed by atoms with van der Waals surface area (Å²) in [7, 11) is 0. The van der Waals surface area contributed by atoms with Crippen molar-refractivity contribution in [3.8, 4) is 0 Å². The first-order chi connectivity index (χ1) is 7.61. The minimum Gasteiger partial charge on any atom is -0.480 e. The van der Waals surface area contributed by atoms with E-state index in [9.17, 15) is 4.79 Å². The van der Waals surface area contributed by atoms with Crippen molar-refractivity contribution < 1.29 is 14.6 Å². The maximum atomic E-state index is 10.7. The van der Waals surface area contributed by atoms with Gasteiger partial charge in [-0.25, -0.2) is 0 Å². The smallest absolute Gasteiger partial charge is 0.320 e. The van der Waals surface area contributed by atoms with Gasteiger partial charge >= 0.3 is 5.97 Å². The van der Waals surface area contributed by atoms with Crippen LogP contribution in [-0.4, -0.2) is 28.8 Å². The molecule has 2 fully saturated rings. The van der Waals surface area contributed by atoms with E-state index >= 15 is 0 Å². The van der Waals surface area contributed by atoms with Gasteiger partial charge in [-0.05, 0) is 32.1 Å². The Balaban J connectivity index is 1.85. The number of hydrogen-bond donors (Lipinski definition) is 2. The summed E-state index contributed by atoms with van der Waals surface area (Å²) < 4.78 is 6.07. The van der Waals surface area contributed by atoms with Gasteiger partial charge in [0.15, 0.2) is 0 Å². The van der Waals surface area contributed by atoms with Crippen molar-refractivity contribution in [1.29, 1.82) is 0 Å². The highest BCUT2D eigenvalue weighted by atomic mass is 16.5. The van der Waals surface area contributed by atoms with E-state index in [0.717, 1.165) is 25.7 Å². The second-order valence-electron chi connectivity index (χ2n) is 5.20. The van der Waals surface area contributed by atoms with Crippen molar-refractivity contribution in [3.05, 3.63) is 0 Å². The molecule has 92 valence electrons. The van der Waals surface area contributed by atoms with Crippen LogP contribution in [0.2, 0.25) is 0 Å². The Kier molecular flexibility index (Phi) is 3.50. The van der Waals surface area contributed by atoms with Crippen LogP contribution in [0, 0.1) is 0 Å². The third kappa shape index (κ3) is 2.55. The molecule has 1 spiro atoms. The van der Waals surface area contributed by atoms with Crippen molar-refractivity contribution in [2.24, 2.45) is 5.73 Å². The molecule has 3 N–H and O–H groups in total. The molecule has 0 amide bonds. The van der Waals surface area contributed by atoms with Gasteiger partial charge in [-0.15, -0.1) is 0 Å². The Labute approximate surface area is 96.2 Å². The minimum absolute atomic E-state index is 0.0594. The van der Waals surface area contributed by atoms with Gasteiger partial charge in [0.1, 0.15) is 6.04 Å². The molecule has 2 atom stereocenters. The van der Waals surface area contributed by atoms with Crippen LogP contribution in [0.4, 0.5) is 0 Å². The summed E-state index contributed by atoms with van der Waals surface area (Å²) in [6.07, 6.45) is 8.67. The van der Waals surface area contributed by atoms with E-state index in [1.165, 1.54) is 19.3 Å². The third-order valence-corrected chi connectivity index (χ3v) is 3.94. The molecule has 1 aliphatic heterocycles. The average molecular weight is 227 g/mol. The molecule has 4 heteroatoms. The van der Waals surface area contributed by atoms with Crippen molar-refractivity contribution in [3.63, 3.8) is 0 Å². The topological polar surface area (TPSA) is 72.5 Å². The predicted molar refractivity (Wildman–Crippen MR) is 60.2 cm³/mol. The van der Waals surface area contributed by atoms with Gasteiger partial charge in [0.05, 0.1) is 11.7 Å². The first-order valence-corrected chi connectivity index (χ1v) is 6.27. The Bertz CT molecular complexity index is 261. The van der Waals surface area contributed by atoms with Crippen LogP contribution in [0.3, 0.4) is 0 Å². The standard InChI is InChI=1S/C12H21NO3/c13-10(11(14)15)8-9-4-7-12(16-9)5-2-1-3-6-12/h9-10H,1-8,13H2,(H,14,15)/t9?,10-/m1/s1. The Hall–Kier alpha value is -0.610. The van der Waals surface area contributed by atoms with Gasteiger partial charge in [0.2, 0.25) is 0 Å². The Morgan fingerprint density at radius 2 is 2.06 bits per heavy atom. The first kappa shape index (κ1) is 11.9. The molecule has 4 nitrogen and oxygen atoms in total. The van der Waals surface area contributed by atoms with E-state index in [1.54, 1.807) is 0 Å². The van der Waals surface area contributed by atoms with Gasteiger partial charge in [-0.1, -0.05) is 19.3 Å². The highest BCUT2D eigenvalue weighted by Crippen LogP contribution is 2.42. The van der Waals surface area contributed by atoms with E-state index in [0.29, 0.717) is 6.42 Å². The zero-order chi connectivity index (χ0) is 11.6. The number of ether oxygens (including phenoxy) is 1. The van der Waals surface area contributed by atoms with E-state index in [1.807, 2.05) is 0 Å². The summed E-state index contributed by atoms with van der Waals surface area (Å²) in [4.78, 5) is 10.7. The summed E-state index contributed by atoms with van der Waals surface area (Å²) in [5.74, 6) is -0.923. The number of hydrogen-bond acceptors (Lipinski definition) is 3. The van der Waals surface area contributed by atoms with E-state index in [2.05, 4.69) is 0 Å². The number of nitrogens with two attached hydrogens (primary N) is 1. The fourth-order valence-corrected chi connectivity index (χ4v) is 3.01. The molecule has 0 bridgehead atoms. The summed E-state index contributed by atoms with van der Waals surface area (Å²) in [6, 6.07) is -0.774. The van der Waals surface area contributed by atoms with Crippen LogP contribution in [0.5, 0.6) is 0 Å². The van der Waals surface area contributed by atoms with Gasteiger partial charge < -0.3 is 15.6 Å². The van der Waals surface area contributed by atoms with Crippen LogP contribution in [-0.2, 0) is 9.53 Å². The monoisotopic (exact) mass is 227 g/mol. The van der Waals surface area contributed by atoms with Crippen LogP contribution < -0.4 is 5.73 Å². The fourth-order valence-electron chi connectivity index (χ4n) is 3.01. The number of carboxylic acid groups (broad SMARTS) is 1. The third-order valence-electron chi connectivity index (χ3n) is 3.94. The Morgan fingerprint density at radius 1 is 1.38 bits per heavy atom. The highest BCUT2D eigenvalue weighted by molar-refractivity contribution is 5.73. The Morgan fingerprint density at radius 3 is 2.69 bits per heavy atom. The first-order valence-electron chi connectivity index (χ1n) is 6.27. The summed E-state index contributed by atoms with van der Waals surface area (Å²) >= 11 is 0. The van der Waals surface area contributed by atoms with Crippen LogP contribution >= 0.6 is 0 Å². The second kappa shape index (κ2) is 4.72. The molecule has 0 radical (unpaired) electrons. The predicted octanol–water partition coefficient (Wildman–Crippen LogP) is 1.67. The molecule has 0 aromatic rings. The molecule has 2 rings (SSSR count). The van der Waals surface area contributed by atoms with Crippen molar-refractivity contribution in [1.82, 2.24) is 0 Å². The highest BCUT2D eigenvalue weighted by Gasteiger charge is 2.41. The quantitative estimate of drug-likeness (QED) is 0.769. The molecule has 1 heterocycles. The van der Waals surface area contributed by atoms with Gasteiger partial charge in [0.25, 0.3) is 0 Å². The molecule has 1 unspecified atom stereocenters. The molecule has 1 aliphatic carbocycles. The lowest BCUT2D eigenvalue weighted by atomic mass is 9.83. The van der Waals surface area contributed by atoms with E-state index in [-0.39, 0.29) is 11.7 Å². The average Bonchev–Trinajstić information content (AvgIpc) is 2.62. The van der Waals surface area contributed by atoms with E-state index in [4.69, 9.17) is 15.6 Å². The second-order valence-corrected chi connectivity index (χ2v) is 5.20. The maximum absolute atomic E-state index is 10.7. The lowest BCUT2D eigenvalue weighted by Crippen LogP contribution is -2.36. The molecular weight excluding hydrogens is 206 g/mol. The number of carboxylic acids is 1. The van der Waals surface area contributed by atoms with Crippen molar-refractivity contribution in [2.45, 2.75) is 69.1 Å². The summed E-state index contributed by atoms with van der Waals surface area (Å²) in [5, 5.41) is 8.76. The van der Waals surface area contributed by atoms with Crippen molar-refractivity contribution in [2.75, 3.05) is 0 Å². The number of aliphatic carboxylic acids is 1. The van der Waals surface area contributed by atoms with Crippen LogP contribution in [0.1, 0.15) is 51.4 Å². The summed E-state index contributed by atoms with van der Waals surface area (Å²) in [6.45, 7) is 0. The minimum atomic E-state index is -0.923. The number of rotatable bonds is 3. The maximum Gasteiger partial charge on any atom is 0.320 e. The molecule has 1 saturated heterocycles. The molecule has 2 aliphatic rings. The zero-order valence-corrected chi connectivity index (χ0v) is 9.65. The molecule has 0 aromatic carbocycles. The fraction of sp³-hybridized carbons (Fsp3) is 0.917. The van der Waals surface area contributed by atoms with Gasteiger partial charge in [-0.3, -0.25) is 4.79 Å².